The number of rotatable bonds is 5. The smallest absolute Gasteiger partial charge is 0.338 e. The molecule has 0 aromatic carbocycles. The molecule has 0 saturated carbocycles. The largest absolute Gasteiger partial charge is 0.464 e. The van der Waals surface area contributed by atoms with Crippen LogP contribution in [0.15, 0.2) is 11.6 Å². The van der Waals surface area contributed by atoms with Crippen molar-refractivity contribution in [2.24, 2.45) is 5.92 Å². The molecule has 0 aliphatic rings. The Hall–Kier alpha value is -0.870. The van der Waals surface area contributed by atoms with Crippen LogP contribution in [0.2, 0.25) is 0 Å². The van der Waals surface area contributed by atoms with E-state index in [1.165, 1.54) is 0 Å². The van der Waals surface area contributed by atoms with Crippen LogP contribution in [-0.4, -0.2) is 35.0 Å². The van der Waals surface area contributed by atoms with Crippen molar-refractivity contribution < 1.29 is 19.7 Å². The van der Waals surface area contributed by atoms with Gasteiger partial charge in [-0.3, -0.25) is 0 Å². The van der Waals surface area contributed by atoms with Crippen LogP contribution in [0.1, 0.15) is 27.7 Å². The molecule has 0 unspecified atom stereocenters. The Labute approximate surface area is 90.6 Å². The Kier molecular flexibility index (Phi) is 6.20. The second-order valence-corrected chi connectivity index (χ2v) is 3.80. The van der Waals surface area contributed by atoms with Crippen molar-refractivity contribution >= 4 is 5.97 Å². The number of allylic oxidation sites excluding steroid dienone is 1. The molecule has 0 aromatic heterocycles. The van der Waals surface area contributed by atoms with Crippen LogP contribution in [0.3, 0.4) is 0 Å². The summed E-state index contributed by atoms with van der Waals surface area (Å²) in [6, 6.07) is 0. The molecule has 15 heavy (non-hydrogen) atoms. The second kappa shape index (κ2) is 6.58. The molecule has 0 bridgehead atoms. The number of esters is 1. The maximum Gasteiger partial charge on any atom is 0.338 e. The Balaban J connectivity index is 4.43. The van der Waals surface area contributed by atoms with Gasteiger partial charge in [0.05, 0.1) is 6.61 Å². The number of carbonyl (C=O) groups is 1. The van der Waals surface area contributed by atoms with Gasteiger partial charge in [-0.2, -0.15) is 0 Å². The highest BCUT2D eigenvalue weighted by atomic mass is 16.5. The van der Waals surface area contributed by atoms with E-state index in [2.05, 4.69) is 4.74 Å². The van der Waals surface area contributed by atoms with Crippen molar-refractivity contribution in [2.45, 2.75) is 39.9 Å². The molecule has 0 aromatic rings. The minimum Gasteiger partial charge on any atom is -0.464 e. The van der Waals surface area contributed by atoms with E-state index in [-0.39, 0.29) is 12.5 Å². The molecule has 0 radical (unpaired) electrons. The van der Waals surface area contributed by atoms with Crippen molar-refractivity contribution in [2.75, 3.05) is 6.61 Å². The predicted molar refractivity (Wildman–Crippen MR) is 57.2 cm³/mol. The fourth-order valence-corrected chi connectivity index (χ4v) is 1.23. The fraction of sp³-hybridized carbons (Fsp3) is 0.727. The van der Waals surface area contributed by atoms with Gasteiger partial charge in [-0.25, -0.2) is 4.79 Å². The Morgan fingerprint density at radius 1 is 1.33 bits per heavy atom. The Bertz CT molecular complexity index is 233. The molecule has 0 rings (SSSR count). The van der Waals surface area contributed by atoms with E-state index in [0.29, 0.717) is 5.57 Å². The highest BCUT2D eigenvalue weighted by Crippen LogP contribution is 2.11. The molecule has 4 heteroatoms. The molecule has 0 heterocycles. The number of aliphatic hydroxyl groups excluding tert-OH is 2. The van der Waals surface area contributed by atoms with E-state index in [1.807, 2.05) is 13.8 Å². The van der Waals surface area contributed by atoms with Gasteiger partial charge < -0.3 is 14.9 Å². The number of hydrogen-bond donors (Lipinski definition) is 2. The third kappa shape index (κ3) is 4.95. The second-order valence-electron chi connectivity index (χ2n) is 3.80. The van der Waals surface area contributed by atoms with E-state index < -0.39 is 18.2 Å². The minimum absolute atomic E-state index is 0.190. The van der Waals surface area contributed by atoms with Crippen LogP contribution in [-0.2, 0) is 9.53 Å². The summed E-state index contributed by atoms with van der Waals surface area (Å²) in [4.78, 5) is 11.1. The summed E-state index contributed by atoms with van der Waals surface area (Å²) in [5, 5.41) is 19.0. The van der Waals surface area contributed by atoms with Crippen LogP contribution < -0.4 is 0 Å². The first-order valence-corrected chi connectivity index (χ1v) is 5.11. The summed E-state index contributed by atoms with van der Waals surface area (Å²) in [6.45, 7) is 7.41. The zero-order chi connectivity index (χ0) is 12.0. The molecule has 88 valence electrons. The normalized spacial score (nSPS) is 16.3. The van der Waals surface area contributed by atoms with E-state index in [4.69, 9.17) is 0 Å². The monoisotopic (exact) mass is 216 g/mol. The first kappa shape index (κ1) is 14.1. The number of ether oxygens (including phenoxy) is 1. The molecule has 0 aliphatic heterocycles. The molecule has 0 aliphatic carbocycles. The first-order chi connectivity index (χ1) is 6.90. The van der Waals surface area contributed by atoms with Gasteiger partial charge in [0, 0.05) is 0 Å². The maximum atomic E-state index is 11.1. The average molecular weight is 216 g/mol. The van der Waals surface area contributed by atoms with Crippen molar-refractivity contribution in [3.8, 4) is 0 Å². The average Bonchev–Trinajstić information content (AvgIpc) is 2.14. The summed E-state index contributed by atoms with van der Waals surface area (Å²) in [5.74, 6) is -0.532. The zero-order valence-corrected chi connectivity index (χ0v) is 9.73. The fourth-order valence-electron chi connectivity index (χ4n) is 1.23. The SMILES string of the molecule is CCOC(=O)[C@H](O)[C@@H](O)/C(C)=C/C(C)C. The quantitative estimate of drug-likeness (QED) is 0.528. The molecule has 0 spiro atoms. The summed E-state index contributed by atoms with van der Waals surface area (Å²) < 4.78 is 4.60. The minimum atomic E-state index is -1.50. The summed E-state index contributed by atoms with van der Waals surface area (Å²) in [5.41, 5.74) is 0.575. The Morgan fingerprint density at radius 2 is 1.87 bits per heavy atom. The molecule has 0 fully saturated rings. The van der Waals surface area contributed by atoms with Crippen LogP contribution in [0.4, 0.5) is 0 Å². The number of carbonyl (C=O) groups excluding carboxylic acids is 1. The standard InChI is InChI=1S/C11H20O4/c1-5-15-11(14)10(13)9(12)8(4)6-7(2)3/h6-7,9-10,12-13H,5H2,1-4H3/b8-6+/t9-,10+/m0/s1. The van der Waals surface area contributed by atoms with Gasteiger partial charge in [0.25, 0.3) is 0 Å². The van der Waals surface area contributed by atoms with Crippen molar-refractivity contribution in [3.63, 3.8) is 0 Å². The lowest BCUT2D eigenvalue weighted by Crippen LogP contribution is -2.36. The van der Waals surface area contributed by atoms with E-state index >= 15 is 0 Å². The molecular weight excluding hydrogens is 196 g/mol. The van der Waals surface area contributed by atoms with Gasteiger partial charge in [-0.05, 0) is 25.3 Å². The lowest BCUT2D eigenvalue weighted by molar-refractivity contribution is -0.157. The van der Waals surface area contributed by atoms with Crippen LogP contribution in [0, 0.1) is 5.92 Å². The van der Waals surface area contributed by atoms with Crippen molar-refractivity contribution in [1.82, 2.24) is 0 Å². The molecule has 4 nitrogen and oxygen atoms in total. The predicted octanol–water partition coefficient (Wildman–Crippen LogP) is 0.874. The molecule has 2 N–H and O–H groups in total. The van der Waals surface area contributed by atoms with Crippen LogP contribution in [0.5, 0.6) is 0 Å². The number of hydrogen-bond acceptors (Lipinski definition) is 4. The van der Waals surface area contributed by atoms with E-state index in [0.717, 1.165) is 0 Å². The summed E-state index contributed by atoms with van der Waals surface area (Å²) in [6.07, 6.45) is -0.890. The molecular formula is C11H20O4. The van der Waals surface area contributed by atoms with Crippen molar-refractivity contribution in [3.05, 3.63) is 11.6 Å². The maximum absolute atomic E-state index is 11.1. The topological polar surface area (TPSA) is 66.8 Å². The van der Waals surface area contributed by atoms with Gasteiger partial charge in [0.15, 0.2) is 6.10 Å². The van der Waals surface area contributed by atoms with Crippen molar-refractivity contribution in [1.29, 1.82) is 0 Å². The lowest BCUT2D eigenvalue weighted by atomic mass is 10.0. The van der Waals surface area contributed by atoms with Crippen LogP contribution >= 0.6 is 0 Å². The first-order valence-electron chi connectivity index (χ1n) is 5.11. The summed E-state index contributed by atoms with van der Waals surface area (Å²) >= 11 is 0. The molecule has 0 amide bonds. The third-order valence-corrected chi connectivity index (χ3v) is 1.89. The van der Waals surface area contributed by atoms with Crippen LogP contribution in [0.25, 0.3) is 0 Å². The van der Waals surface area contributed by atoms with Gasteiger partial charge in [-0.15, -0.1) is 0 Å². The van der Waals surface area contributed by atoms with Gasteiger partial charge in [0.2, 0.25) is 0 Å². The molecule has 2 atom stereocenters. The lowest BCUT2D eigenvalue weighted by Gasteiger charge is -2.17. The van der Waals surface area contributed by atoms with Gasteiger partial charge >= 0.3 is 5.97 Å². The van der Waals surface area contributed by atoms with E-state index in [9.17, 15) is 15.0 Å². The van der Waals surface area contributed by atoms with Gasteiger partial charge in [0.1, 0.15) is 6.10 Å². The number of aliphatic hydroxyl groups is 2. The zero-order valence-electron chi connectivity index (χ0n) is 9.73. The third-order valence-electron chi connectivity index (χ3n) is 1.89. The summed E-state index contributed by atoms with van der Waals surface area (Å²) in [7, 11) is 0. The Morgan fingerprint density at radius 3 is 2.27 bits per heavy atom. The molecule has 0 saturated heterocycles. The highest BCUT2D eigenvalue weighted by Gasteiger charge is 2.26. The van der Waals surface area contributed by atoms with Gasteiger partial charge in [-0.1, -0.05) is 19.9 Å². The van der Waals surface area contributed by atoms with E-state index in [1.54, 1.807) is 19.9 Å². The highest BCUT2D eigenvalue weighted by molar-refractivity contribution is 5.75.